The number of likely N-dealkylation sites (tertiary alicyclic amines) is 1. The zero-order valence-corrected chi connectivity index (χ0v) is 19.5. The van der Waals surface area contributed by atoms with Crippen molar-refractivity contribution < 1.29 is 32.2 Å². The number of hydrogen-bond acceptors (Lipinski definition) is 4. The zero-order valence-electron chi connectivity index (χ0n) is 19.5. The molecular weight excluding hydrogens is 461 g/mol. The first kappa shape index (κ1) is 24.9. The van der Waals surface area contributed by atoms with Crippen molar-refractivity contribution in [2.75, 3.05) is 27.3 Å². The molecule has 1 spiro atoms. The highest BCUT2D eigenvalue weighted by molar-refractivity contribution is 5.92. The summed E-state index contributed by atoms with van der Waals surface area (Å²) in [6.07, 6.45) is -2.53. The van der Waals surface area contributed by atoms with E-state index in [0.29, 0.717) is 18.6 Å². The average molecular weight is 489 g/mol. The second kappa shape index (κ2) is 9.45. The van der Waals surface area contributed by atoms with Gasteiger partial charge in [0.15, 0.2) is 0 Å². The van der Waals surface area contributed by atoms with Crippen LogP contribution >= 0.6 is 0 Å². The van der Waals surface area contributed by atoms with Gasteiger partial charge in [-0.15, -0.1) is 0 Å². The second-order valence-electron chi connectivity index (χ2n) is 8.97. The van der Waals surface area contributed by atoms with Crippen LogP contribution in [-0.2, 0) is 19.9 Å². The van der Waals surface area contributed by atoms with Gasteiger partial charge < -0.3 is 14.4 Å². The normalized spacial score (nSPS) is 21.6. The molecule has 6 nitrogen and oxygen atoms in total. The van der Waals surface area contributed by atoms with Crippen LogP contribution in [0.5, 0.6) is 5.75 Å². The molecule has 2 heterocycles. The van der Waals surface area contributed by atoms with Crippen molar-refractivity contribution in [3.05, 3.63) is 65.7 Å². The fourth-order valence-corrected chi connectivity index (χ4v) is 5.37. The van der Waals surface area contributed by atoms with E-state index in [4.69, 9.17) is 9.47 Å². The van der Waals surface area contributed by atoms with E-state index in [1.807, 2.05) is 24.3 Å². The van der Waals surface area contributed by atoms with Crippen molar-refractivity contribution in [2.45, 2.75) is 37.0 Å². The van der Waals surface area contributed by atoms with E-state index in [9.17, 15) is 22.8 Å². The molecule has 2 amide bonds. The van der Waals surface area contributed by atoms with Gasteiger partial charge in [-0.3, -0.25) is 9.59 Å². The van der Waals surface area contributed by atoms with E-state index in [-0.39, 0.29) is 36.9 Å². The number of nitrogens with zero attached hydrogens (tertiary/aromatic N) is 2. The molecule has 0 aromatic heterocycles. The number of para-hydroxylation sites is 1. The first-order chi connectivity index (χ1) is 16.7. The molecule has 35 heavy (non-hydrogen) atoms. The molecule has 2 aliphatic heterocycles. The molecule has 0 N–H and O–H groups in total. The van der Waals surface area contributed by atoms with E-state index in [2.05, 4.69) is 4.99 Å². The highest BCUT2D eigenvalue weighted by atomic mass is 19.4. The van der Waals surface area contributed by atoms with Gasteiger partial charge in [0.1, 0.15) is 5.75 Å². The highest BCUT2D eigenvalue weighted by Crippen LogP contribution is 2.51. The van der Waals surface area contributed by atoms with Gasteiger partial charge >= 0.3 is 6.18 Å². The summed E-state index contributed by atoms with van der Waals surface area (Å²) in [5.41, 5.74) is -3.10. The summed E-state index contributed by atoms with van der Waals surface area (Å²) in [5.74, 6) is -1.05. The number of alkyl halides is 3. The Hall–Kier alpha value is -3.20. The summed E-state index contributed by atoms with van der Waals surface area (Å²) in [6, 6.07) is 14.4. The Morgan fingerprint density at radius 1 is 1.03 bits per heavy atom. The lowest BCUT2D eigenvalue weighted by Crippen LogP contribution is -2.59. The maximum absolute atomic E-state index is 14.4. The van der Waals surface area contributed by atoms with Crippen molar-refractivity contribution in [2.24, 2.45) is 10.4 Å². The molecule has 1 fully saturated rings. The van der Waals surface area contributed by atoms with E-state index in [1.165, 1.54) is 29.2 Å². The summed E-state index contributed by atoms with van der Waals surface area (Å²) >= 11 is 0. The van der Waals surface area contributed by atoms with E-state index in [1.54, 1.807) is 19.4 Å². The van der Waals surface area contributed by atoms with E-state index in [0.717, 1.165) is 12.7 Å². The maximum Gasteiger partial charge on any atom is 0.430 e. The molecule has 0 unspecified atom stereocenters. The van der Waals surface area contributed by atoms with Crippen LogP contribution in [0.15, 0.2) is 59.6 Å². The third kappa shape index (κ3) is 4.22. The molecule has 0 radical (unpaired) electrons. The number of rotatable bonds is 5. The highest BCUT2D eigenvalue weighted by Gasteiger charge is 2.64. The van der Waals surface area contributed by atoms with Gasteiger partial charge in [0.05, 0.1) is 7.11 Å². The summed E-state index contributed by atoms with van der Waals surface area (Å²) in [7, 11) is 2.46. The van der Waals surface area contributed by atoms with Crippen LogP contribution in [0.3, 0.4) is 0 Å². The standard InChI is InChI=1S/C26H27F3N2O4/c1-34-21-11-7-6-10-19(21)20-17-30-22(32)16-24(20)12-14-31(15-13-24)23(33)25(35-2,26(27,28)29)18-8-4-3-5-9-18/h3-11,17,20H,12-16H2,1-2H3/t20-,25+/m0/s1. The van der Waals surface area contributed by atoms with Crippen molar-refractivity contribution >= 4 is 18.0 Å². The van der Waals surface area contributed by atoms with Gasteiger partial charge in [-0.05, 0) is 24.3 Å². The number of carbonyl (C=O) groups excluding carboxylic acids is 2. The topological polar surface area (TPSA) is 68.2 Å². The molecule has 1 saturated heterocycles. The molecule has 0 bridgehead atoms. The number of halogens is 3. The second-order valence-corrected chi connectivity index (χ2v) is 8.97. The Kier molecular flexibility index (Phi) is 6.73. The number of benzene rings is 2. The van der Waals surface area contributed by atoms with E-state index < -0.39 is 23.1 Å². The van der Waals surface area contributed by atoms with Crippen LogP contribution in [0.4, 0.5) is 13.2 Å². The van der Waals surface area contributed by atoms with Crippen LogP contribution < -0.4 is 4.74 Å². The van der Waals surface area contributed by atoms with Crippen molar-refractivity contribution in [1.82, 2.24) is 4.90 Å². The molecule has 2 atom stereocenters. The van der Waals surface area contributed by atoms with Gasteiger partial charge in [0.2, 0.25) is 5.91 Å². The summed E-state index contributed by atoms with van der Waals surface area (Å²) in [4.78, 5) is 31.0. The Morgan fingerprint density at radius 3 is 2.26 bits per heavy atom. The maximum atomic E-state index is 14.4. The lowest BCUT2D eigenvalue weighted by atomic mass is 9.63. The fraction of sp³-hybridized carbons (Fsp3) is 0.423. The van der Waals surface area contributed by atoms with Crippen molar-refractivity contribution in [1.29, 1.82) is 0 Å². The lowest BCUT2D eigenvalue weighted by molar-refractivity contribution is -0.271. The number of aliphatic imine (C=N–C) groups is 1. The summed E-state index contributed by atoms with van der Waals surface area (Å²) in [6.45, 7) is 0.110. The van der Waals surface area contributed by atoms with Crippen molar-refractivity contribution in [3.63, 3.8) is 0 Å². The first-order valence-electron chi connectivity index (χ1n) is 11.4. The summed E-state index contributed by atoms with van der Waals surface area (Å²) in [5, 5.41) is 0. The first-order valence-corrected chi connectivity index (χ1v) is 11.4. The lowest BCUT2D eigenvalue weighted by Gasteiger charge is -2.48. The fourth-order valence-electron chi connectivity index (χ4n) is 5.37. The smallest absolute Gasteiger partial charge is 0.430 e. The Bertz CT molecular complexity index is 1110. The third-order valence-corrected chi connectivity index (χ3v) is 7.24. The Labute approximate surface area is 201 Å². The number of carbonyl (C=O) groups is 2. The number of amides is 2. The van der Waals surface area contributed by atoms with Crippen LogP contribution in [0.25, 0.3) is 0 Å². The van der Waals surface area contributed by atoms with Gasteiger partial charge in [-0.2, -0.15) is 13.2 Å². The quantitative estimate of drug-likeness (QED) is 0.622. The number of hydrogen-bond donors (Lipinski definition) is 0. The monoisotopic (exact) mass is 488 g/mol. The molecular formula is C26H27F3N2O4. The number of ether oxygens (including phenoxy) is 2. The van der Waals surface area contributed by atoms with Crippen LogP contribution in [0.1, 0.15) is 36.3 Å². The Balaban J connectivity index is 1.65. The third-order valence-electron chi connectivity index (χ3n) is 7.24. The molecule has 9 heteroatoms. The SMILES string of the molecule is COc1ccccc1[C@@H]1C=NC(=O)CC12CCN(C(=O)[C@](OC)(c1ccccc1)C(F)(F)F)CC2. The minimum Gasteiger partial charge on any atom is -0.496 e. The van der Waals surface area contributed by atoms with Gasteiger partial charge in [-0.25, -0.2) is 4.99 Å². The minimum absolute atomic E-state index is 0.0552. The van der Waals surface area contributed by atoms with Crippen LogP contribution in [0.2, 0.25) is 0 Å². The largest absolute Gasteiger partial charge is 0.496 e. The average Bonchev–Trinajstić information content (AvgIpc) is 2.85. The molecule has 2 aliphatic rings. The predicted octanol–water partition coefficient (Wildman–Crippen LogP) is 4.49. The van der Waals surface area contributed by atoms with Gasteiger partial charge in [-0.1, -0.05) is 48.5 Å². The molecule has 186 valence electrons. The Morgan fingerprint density at radius 2 is 1.66 bits per heavy atom. The van der Waals surface area contributed by atoms with Gasteiger partial charge in [0, 0.05) is 49.9 Å². The summed E-state index contributed by atoms with van der Waals surface area (Å²) < 4.78 is 53.6. The number of methoxy groups -OCH3 is 2. The van der Waals surface area contributed by atoms with Crippen LogP contribution in [0, 0.1) is 5.41 Å². The molecule has 2 aromatic rings. The zero-order chi connectivity index (χ0) is 25.3. The van der Waals surface area contributed by atoms with Crippen molar-refractivity contribution in [3.8, 4) is 5.75 Å². The van der Waals surface area contributed by atoms with Gasteiger partial charge in [0.25, 0.3) is 11.5 Å². The minimum atomic E-state index is -4.97. The van der Waals surface area contributed by atoms with E-state index >= 15 is 0 Å². The molecule has 0 saturated carbocycles. The number of piperidine rings is 1. The molecule has 2 aromatic carbocycles. The molecule has 0 aliphatic carbocycles. The predicted molar refractivity (Wildman–Crippen MR) is 123 cm³/mol. The van der Waals surface area contributed by atoms with Crippen LogP contribution in [-0.4, -0.2) is 56.4 Å². The molecule has 4 rings (SSSR count).